The molecule has 2 aromatic rings. The lowest BCUT2D eigenvalue weighted by atomic mass is 10.2. The third kappa shape index (κ3) is 1.61. The molecule has 0 aliphatic carbocycles. The van der Waals surface area contributed by atoms with Crippen LogP contribution in [0.2, 0.25) is 0 Å². The predicted molar refractivity (Wildman–Crippen MR) is 55.3 cm³/mol. The first kappa shape index (κ1) is 9.15. The molecular weight excluding hydrogens is 198 g/mol. The van der Waals surface area contributed by atoms with E-state index in [1.165, 1.54) is 7.11 Å². The van der Waals surface area contributed by atoms with Crippen LogP contribution in [0.1, 0.15) is 5.69 Å². The van der Waals surface area contributed by atoms with Crippen LogP contribution < -0.4 is 0 Å². The molecule has 0 atom stereocenters. The number of nitrogens with zero attached hydrogens (tertiary/aromatic N) is 1. The van der Waals surface area contributed by atoms with Crippen LogP contribution in [0.3, 0.4) is 0 Å². The first-order valence-corrected chi connectivity index (χ1v) is 5.07. The molecule has 2 heterocycles. The van der Waals surface area contributed by atoms with E-state index in [2.05, 4.69) is 9.72 Å². The highest BCUT2D eigenvalue weighted by Gasteiger charge is 2.08. The summed E-state index contributed by atoms with van der Waals surface area (Å²) in [6.07, 6.45) is 1.96. The second kappa shape index (κ2) is 3.75. The maximum atomic E-state index is 11.1. The number of ether oxygens (including phenoxy) is 1. The van der Waals surface area contributed by atoms with Crippen molar-refractivity contribution in [2.45, 2.75) is 6.42 Å². The van der Waals surface area contributed by atoms with Crippen molar-refractivity contribution >= 4 is 27.4 Å². The van der Waals surface area contributed by atoms with E-state index in [0.29, 0.717) is 0 Å². The molecule has 0 aromatic carbocycles. The van der Waals surface area contributed by atoms with Crippen molar-refractivity contribution in [3.05, 3.63) is 29.4 Å². The van der Waals surface area contributed by atoms with Gasteiger partial charge in [-0.25, -0.2) is 0 Å². The molecule has 0 aliphatic rings. The molecule has 0 saturated heterocycles. The van der Waals surface area contributed by atoms with Gasteiger partial charge < -0.3 is 4.74 Å². The number of thiophene rings is 1. The zero-order chi connectivity index (χ0) is 9.97. The van der Waals surface area contributed by atoms with Crippen molar-refractivity contribution in [2.75, 3.05) is 7.11 Å². The summed E-state index contributed by atoms with van der Waals surface area (Å²) in [5, 5.41) is 3.04. The highest BCUT2D eigenvalue weighted by atomic mass is 32.1. The van der Waals surface area contributed by atoms with E-state index < -0.39 is 0 Å². The molecule has 0 aliphatic heterocycles. The van der Waals surface area contributed by atoms with Crippen molar-refractivity contribution in [1.82, 2.24) is 4.98 Å². The fraction of sp³-hybridized carbons (Fsp3) is 0.200. The number of aromatic nitrogens is 1. The molecule has 3 nitrogen and oxygen atoms in total. The summed E-state index contributed by atoms with van der Waals surface area (Å²) in [7, 11) is 1.39. The molecule has 0 fully saturated rings. The summed E-state index contributed by atoms with van der Waals surface area (Å²) in [5.74, 6) is -0.254. The minimum Gasteiger partial charge on any atom is -0.469 e. The van der Waals surface area contributed by atoms with Crippen molar-refractivity contribution in [3.8, 4) is 0 Å². The first-order valence-electron chi connectivity index (χ1n) is 4.19. The van der Waals surface area contributed by atoms with Crippen LogP contribution in [0.25, 0.3) is 10.1 Å². The van der Waals surface area contributed by atoms with Crippen LogP contribution in [0, 0.1) is 0 Å². The topological polar surface area (TPSA) is 39.2 Å². The molecule has 0 spiro atoms. The van der Waals surface area contributed by atoms with Crippen molar-refractivity contribution in [2.24, 2.45) is 0 Å². The van der Waals surface area contributed by atoms with E-state index in [0.717, 1.165) is 15.8 Å². The van der Waals surface area contributed by atoms with Gasteiger partial charge in [-0.05, 0) is 17.5 Å². The van der Waals surface area contributed by atoms with E-state index in [4.69, 9.17) is 0 Å². The number of methoxy groups -OCH3 is 1. The van der Waals surface area contributed by atoms with Gasteiger partial charge >= 0.3 is 5.97 Å². The van der Waals surface area contributed by atoms with Crippen LogP contribution in [0.5, 0.6) is 0 Å². The van der Waals surface area contributed by atoms with Gasteiger partial charge in [0.05, 0.1) is 19.2 Å². The van der Waals surface area contributed by atoms with Gasteiger partial charge in [0.1, 0.15) is 0 Å². The van der Waals surface area contributed by atoms with Gasteiger partial charge in [-0.2, -0.15) is 0 Å². The maximum absolute atomic E-state index is 11.1. The maximum Gasteiger partial charge on any atom is 0.311 e. The van der Waals surface area contributed by atoms with E-state index in [9.17, 15) is 4.79 Å². The molecule has 14 heavy (non-hydrogen) atoms. The average Bonchev–Trinajstić information content (AvgIpc) is 2.66. The van der Waals surface area contributed by atoms with Gasteiger partial charge in [-0.3, -0.25) is 9.78 Å². The standard InChI is InChI=1S/C10H9NO2S/c1-13-10(12)6-8-7-3-5-14-9(7)2-4-11-8/h2-5H,6H2,1H3. The normalized spacial score (nSPS) is 10.4. The third-order valence-corrected chi connectivity index (χ3v) is 2.88. The molecule has 0 saturated carbocycles. The summed E-state index contributed by atoms with van der Waals surface area (Å²) < 4.78 is 5.76. The molecule has 2 rings (SSSR count). The fourth-order valence-corrected chi connectivity index (χ4v) is 2.11. The van der Waals surface area contributed by atoms with Crippen LogP contribution in [-0.2, 0) is 16.0 Å². The monoisotopic (exact) mass is 207 g/mol. The van der Waals surface area contributed by atoms with Crippen LogP contribution in [-0.4, -0.2) is 18.1 Å². The van der Waals surface area contributed by atoms with Gasteiger partial charge in [0, 0.05) is 16.3 Å². The number of pyridine rings is 1. The number of esters is 1. The molecular formula is C10H9NO2S. The Balaban J connectivity index is 2.41. The summed E-state index contributed by atoms with van der Waals surface area (Å²) >= 11 is 1.64. The Kier molecular flexibility index (Phi) is 2.45. The smallest absolute Gasteiger partial charge is 0.311 e. The minimum absolute atomic E-state index is 0.241. The Morgan fingerprint density at radius 2 is 2.43 bits per heavy atom. The first-order chi connectivity index (χ1) is 6.81. The van der Waals surface area contributed by atoms with Gasteiger partial charge in [0.25, 0.3) is 0 Å². The summed E-state index contributed by atoms with van der Waals surface area (Å²) in [5.41, 5.74) is 0.788. The van der Waals surface area contributed by atoms with Gasteiger partial charge in [0.2, 0.25) is 0 Å². The average molecular weight is 207 g/mol. The van der Waals surface area contributed by atoms with Gasteiger partial charge in [-0.1, -0.05) is 0 Å². The Morgan fingerprint density at radius 1 is 1.57 bits per heavy atom. The molecule has 0 unspecified atom stereocenters. The summed E-state index contributed by atoms with van der Waals surface area (Å²) in [4.78, 5) is 15.3. The zero-order valence-electron chi connectivity index (χ0n) is 7.69. The molecule has 0 amide bonds. The van der Waals surface area contributed by atoms with Crippen LogP contribution in [0.4, 0.5) is 0 Å². The number of fused-ring (bicyclic) bond motifs is 1. The number of rotatable bonds is 2. The minimum atomic E-state index is -0.254. The third-order valence-electron chi connectivity index (χ3n) is 2.00. The second-order valence-corrected chi connectivity index (χ2v) is 3.79. The lowest BCUT2D eigenvalue weighted by molar-refractivity contribution is -0.139. The van der Waals surface area contributed by atoms with E-state index >= 15 is 0 Å². The number of hydrogen-bond acceptors (Lipinski definition) is 4. The number of carbonyl (C=O) groups is 1. The lowest BCUT2D eigenvalue weighted by Gasteiger charge is -2.00. The zero-order valence-corrected chi connectivity index (χ0v) is 8.50. The SMILES string of the molecule is COC(=O)Cc1nccc2sccc12. The molecule has 2 aromatic heterocycles. The van der Waals surface area contributed by atoms with Crippen molar-refractivity contribution < 1.29 is 9.53 Å². The van der Waals surface area contributed by atoms with Crippen LogP contribution >= 0.6 is 11.3 Å². The second-order valence-electron chi connectivity index (χ2n) is 2.84. The predicted octanol–water partition coefficient (Wildman–Crippen LogP) is 2.01. The van der Waals surface area contributed by atoms with Crippen molar-refractivity contribution in [3.63, 3.8) is 0 Å². The van der Waals surface area contributed by atoms with E-state index in [1.54, 1.807) is 17.5 Å². The van der Waals surface area contributed by atoms with Crippen molar-refractivity contribution in [1.29, 1.82) is 0 Å². The number of carbonyl (C=O) groups excluding carboxylic acids is 1. The molecule has 4 heteroatoms. The Bertz CT molecular complexity index is 464. The molecule has 0 N–H and O–H groups in total. The molecule has 0 radical (unpaired) electrons. The highest BCUT2D eigenvalue weighted by molar-refractivity contribution is 7.17. The molecule has 0 bridgehead atoms. The lowest BCUT2D eigenvalue weighted by Crippen LogP contribution is -2.05. The summed E-state index contributed by atoms with van der Waals surface area (Å²) in [6, 6.07) is 3.92. The quantitative estimate of drug-likeness (QED) is 0.707. The van der Waals surface area contributed by atoms with Gasteiger partial charge in [0.15, 0.2) is 0 Å². The number of hydrogen-bond donors (Lipinski definition) is 0. The summed E-state index contributed by atoms with van der Waals surface area (Å²) in [6.45, 7) is 0. The Hall–Kier alpha value is -1.42. The van der Waals surface area contributed by atoms with Crippen LogP contribution in [0.15, 0.2) is 23.7 Å². The Labute approximate surface area is 85.3 Å². The van der Waals surface area contributed by atoms with E-state index in [1.807, 2.05) is 17.5 Å². The Morgan fingerprint density at radius 3 is 3.21 bits per heavy atom. The van der Waals surface area contributed by atoms with Gasteiger partial charge in [-0.15, -0.1) is 11.3 Å². The largest absolute Gasteiger partial charge is 0.469 e. The molecule has 72 valence electrons. The highest BCUT2D eigenvalue weighted by Crippen LogP contribution is 2.22. The fourth-order valence-electron chi connectivity index (χ4n) is 1.30. The van der Waals surface area contributed by atoms with E-state index in [-0.39, 0.29) is 12.4 Å².